The molecule has 0 atom stereocenters. The molecule has 0 radical (unpaired) electrons. The van der Waals surface area contributed by atoms with Crippen LogP contribution in [0, 0.1) is 6.92 Å². The van der Waals surface area contributed by atoms with Crippen molar-refractivity contribution in [3.8, 4) is 0 Å². The molecule has 3 aromatic rings. The standard InChI is InChI=1S/C20H19N3O3/c1-3-23(20(26)18(24)14-10-8-13(2)9-11-14)12-17-21-16-7-5-4-6-15(16)19(25)22-17/h4-11H,3,12H2,1-2H3,(H,21,22,25). The molecule has 6 heteroatoms. The molecular weight excluding hydrogens is 330 g/mol. The van der Waals surface area contributed by atoms with E-state index >= 15 is 0 Å². The summed E-state index contributed by atoms with van der Waals surface area (Å²) >= 11 is 0. The van der Waals surface area contributed by atoms with Crippen molar-refractivity contribution in [3.05, 3.63) is 75.8 Å². The summed E-state index contributed by atoms with van der Waals surface area (Å²) in [6, 6.07) is 13.8. The van der Waals surface area contributed by atoms with Crippen LogP contribution in [0.4, 0.5) is 0 Å². The normalized spacial score (nSPS) is 10.7. The minimum absolute atomic E-state index is 0.0625. The van der Waals surface area contributed by atoms with Gasteiger partial charge in [-0.2, -0.15) is 0 Å². The highest BCUT2D eigenvalue weighted by Gasteiger charge is 2.23. The van der Waals surface area contributed by atoms with E-state index in [1.807, 2.05) is 6.92 Å². The first-order valence-corrected chi connectivity index (χ1v) is 8.38. The molecule has 6 nitrogen and oxygen atoms in total. The third kappa shape index (κ3) is 3.54. The Bertz CT molecular complexity index is 1020. The van der Waals surface area contributed by atoms with Gasteiger partial charge in [-0.15, -0.1) is 0 Å². The number of Topliss-reactive ketones (excluding diaryl/α,β-unsaturated/α-hetero) is 1. The number of carbonyl (C=O) groups is 2. The fraction of sp³-hybridized carbons (Fsp3) is 0.200. The number of aromatic amines is 1. The molecule has 1 heterocycles. The van der Waals surface area contributed by atoms with Crippen molar-refractivity contribution in [3.63, 3.8) is 0 Å². The summed E-state index contributed by atoms with van der Waals surface area (Å²) in [7, 11) is 0. The summed E-state index contributed by atoms with van der Waals surface area (Å²) in [5.41, 5.74) is 1.65. The lowest BCUT2D eigenvalue weighted by molar-refractivity contribution is -0.126. The van der Waals surface area contributed by atoms with E-state index in [1.54, 1.807) is 55.5 Å². The Morgan fingerprint density at radius 3 is 2.46 bits per heavy atom. The monoisotopic (exact) mass is 349 g/mol. The highest BCUT2D eigenvalue weighted by atomic mass is 16.2. The third-order valence-corrected chi connectivity index (χ3v) is 4.18. The number of benzene rings is 2. The second kappa shape index (κ2) is 7.31. The van der Waals surface area contributed by atoms with Gasteiger partial charge in [0.2, 0.25) is 5.78 Å². The molecule has 0 fully saturated rings. The van der Waals surface area contributed by atoms with E-state index in [0.29, 0.717) is 28.8 Å². The number of likely N-dealkylation sites (N-methyl/N-ethyl adjacent to an activating group) is 1. The fourth-order valence-electron chi connectivity index (χ4n) is 2.69. The molecule has 1 amide bonds. The van der Waals surface area contributed by atoms with E-state index < -0.39 is 11.7 Å². The number of amides is 1. The summed E-state index contributed by atoms with van der Waals surface area (Å²) in [6.45, 7) is 4.08. The number of para-hydroxylation sites is 1. The largest absolute Gasteiger partial charge is 0.329 e. The number of rotatable bonds is 5. The molecule has 132 valence electrons. The van der Waals surface area contributed by atoms with Crippen molar-refractivity contribution in [1.82, 2.24) is 14.9 Å². The van der Waals surface area contributed by atoms with Crippen LogP contribution >= 0.6 is 0 Å². The molecule has 3 rings (SSSR count). The fourth-order valence-corrected chi connectivity index (χ4v) is 2.69. The lowest BCUT2D eigenvalue weighted by Crippen LogP contribution is -2.37. The van der Waals surface area contributed by atoms with Crippen molar-refractivity contribution >= 4 is 22.6 Å². The number of ketones is 1. The Balaban J connectivity index is 1.85. The van der Waals surface area contributed by atoms with Crippen molar-refractivity contribution < 1.29 is 9.59 Å². The molecular formula is C20H19N3O3. The highest BCUT2D eigenvalue weighted by Crippen LogP contribution is 2.10. The lowest BCUT2D eigenvalue weighted by Gasteiger charge is -2.19. The first-order valence-electron chi connectivity index (χ1n) is 8.38. The van der Waals surface area contributed by atoms with Crippen molar-refractivity contribution in [1.29, 1.82) is 0 Å². The maximum Gasteiger partial charge on any atom is 0.295 e. The smallest absolute Gasteiger partial charge is 0.295 e. The van der Waals surface area contributed by atoms with Gasteiger partial charge in [-0.25, -0.2) is 4.98 Å². The first-order chi connectivity index (χ1) is 12.5. The summed E-state index contributed by atoms with van der Waals surface area (Å²) in [6.07, 6.45) is 0. The van der Waals surface area contributed by atoms with Crippen LogP contribution in [0.25, 0.3) is 10.9 Å². The van der Waals surface area contributed by atoms with Gasteiger partial charge in [0.15, 0.2) is 0 Å². The maximum atomic E-state index is 12.6. The lowest BCUT2D eigenvalue weighted by atomic mass is 10.1. The van der Waals surface area contributed by atoms with E-state index in [0.717, 1.165) is 5.56 Å². The molecule has 0 bridgehead atoms. The Morgan fingerprint density at radius 2 is 1.77 bits per heavy atom. The van der Waals surface area contributed by atoms with Gasteiger partial charge < -0.3 is 9.88 Å². The van der Waals surface area contributed by atoms with Crippen molar-refractivity contribution in [2.24, 2.45) is 0 Å². The predicted molar refractivity (Wildman–Crippen MR) is 99.0 cm³/mol. The Labute approximate surface area is 150 Å². The van der Waals surface area contributed by atoms with E-state index in [2.05, 4.69) is 9.97 Å². The van der Waals surface area contributed by atoms with Gasteiger partial charge in [-0.1, -0.05) is 42.0 Å². The minimum Gasteiger partial charge on any atom is -0.329 e. The van der Waals surface area contributed by atoms with E-state index in [1.165, 1.54) is 4.90 Å². The minimum atomic E-state index is -0.618. The number of aromatic nitrogens is 2. The topological polar surface area (TPSA) is 83.1 Å². The number of aryl methyl sites for hydroxylation is 1. The van der Waals surface area contributed by atoms with Gasteiger partial charge >= 0.3 is 0 Å². The highest BCUT2D eigenvalue weighted by molar-refractivity contribution is 6.42. The molecule has 0 aliphatic rings. The zero-order valence-electron chi connectivity index (χ0n) is 14.7. The second-order valence-corrected chi connectivity index (χ2v) is 6.04. The van der Waals surface area contributed by atoms with Crippen molar-refractivity contribution in [2.75, 3.05) is 6.54 Å². The molecule has 0 saturated carbocycles. The van der Waals surface area contributed by atoms with Crippen LogP contribution < -0.4 is 5.56 Å². The van der Waals surface area contributed by atoms with E-state index in [9.17, 15) is 14.4 Å². The summed E-state index contributed by atoms with van der Waals surface area (Å²) < 4.78 is 0. The molecule has 0 unspecified atom stereocenters. The molecule has 1 N–H and O–H groups in total. The molecule has 0 spiro atoms. The van der Waals surface area contributed by atoms with Gasteiger partial charge in [0.25, 0.3) is 11.5 Å². The van der Waals surface area contributed by atoms with Gasteiger partial charge in [-0.3, -0.25) is 14.4 Å². The number of hydrogen-bond donors (Lipinski definition) is 1. The molecule has 0 aliphatic carbocycles. The quantitative estimate of drug-likeness (QED) is 0.566. The van der Waals surface area contributed by atoms with Crippen LogP contribution in [-0.4, -0.2) is 33.1 Å². The van der Waals surface area contributed by atoms with E-state index in [4.69, 9.17) is 0 Å². The molecule has 0 saturated heterocycles. The van der Waals surface area contributed by atoms with Gasteiger partial charge in [0, 0.05) is 12.1 Å². The van der Waals surface area contributed by atoms with Crippen LogP contribution in [0.1, 0.15) is 28.7 Å². The van der Waals surface area contributed by atoms with Gasteiger partial charge in [0.1, 0.15) is 5.82 Å². The molecule has 0 aliphatic heterocycles. The van der Waals surface area contributed by atoms with Gasteiger partial charge in [-0.05, 0) is 26.0 Å². The van der Waals surface area contributed by atoms with Crippen LogP contribution in [0.5, 0.6) is 0 Å². The van der Waals surface area contributed by atoms with Gasteiger partial charge in [0.05, 0.1) is 17.4 Å². The predicted octanol–water partition coefficient (Wildman–Crippen LogP) is 2.46. The number of H-pyrrole nitrogens is 1. The third-order valence-electron chi connectivity index (χ3n) is 4.18. The van der Waals surface area contributed by atoms with Crippen LogP contribution in [-0.2, 0) is 11.3 Å². The summed E-state index contributed by atoms with van der Waals surface area (Å²) in [4.78, 5) is 45.6. The number of fused-ring (bicyclic) bond motifs is 1. The zero-order valence-corrected chi connectivity index (χ0v) is 14.7. The number of nitrogens with zero attached hydrogens (tertiary/aromatic N) is 2. The average Bonchev–Trinajstić information content (AvgIpc) is 2.65. The van der Waals surface area contributed by atoms with E-state index in [-0.39, 0.29) is 12.1 Å². The molecule has 1 aromatic heterocycles. The van der Waals surface area contributed by atoms with Crippen LogP contribution in [0.15, 0.2) is 53.3 Å². The number of hydrogen-bond acceptors (Lipinski definition) is 4. The Hall–Kier alpha value is -3.28. The maximum absolute atomic E-state index is 12.6. The molecule has 2 aromatic carbocycles. The summed E-state index contributed by atoms with van der Waals surface area (Å²) in [5, 5.41) is 0.487. The zero-order chi connectivity index (χ0) is 18.7. The SMILES string of the molecule is CCN(Cc1nc2ccccc2c(=O)[nH]1)C(=O)C(=O)c1ccc(C)cc1. The Kier molecular flexibility index (Phi) is 4.93. The summed E-state index contributed by atoms with van der Waals surface area (Å²) in [5.74, 6) is -0.845. The van der Waals surface area contributed by atoms with Crippen molar-refractivity contribution in [2.45, 2.75) is 20.4 Å². The van der Waals surface area contributed by atoms with Crippen LogP contribution in [0.2, 0.25) is 0 Å². The average molecular weight is 349 g/mol. The van der Waals surface area contributed by atoms with Crippen LogP contribution in [0.3, 0.4) is 0 Å². The second-order valence-electron chi connectivity index (χ2n) is 6.04. The Morgan fingerprint density at radius 1 is 1.08 bits per heavy atom. The first kappa shape index (κ1) is 17.5. The number of nitrogens with one attached hydrogen (secondary N) is 1. The molecule has 26 heavy (non-hydrogen) atoms. The number of carbonyl (C=O) groups excluding carboxylic acids is 2.